The molecule has 0 saturated carbocycles. The summed E-state index contributed by atoms with van der Waals surface area (Å²) in [5.74, 6) is -0.335. The lowest BCUT2D eigenvalue weighted by Gasteiger charge is -2.06. The maximum Gasteiger partial charge on any atom is 0.356 e. The molecule has 0 spiro atoms. The van der Waals surface area contributed by atoms with E-state index in [2.05, 4.69) is 25.3 Å². The normalized spacial score (nSPS) is 10.7. The molecule has 0 atom stereocenters. The number of carboxylic acid groups (broad SMARTS) is 1. The van der Waals surface area contributed by atoms with E-state index in [-0.39, 0.29) is 5.69 Å². The fourth-order valence-corrected chi connectivity index (χ4v) is 1.86. The monoisotopic (exact) mass is 284 g/mol. The molecular weight excluding hydrogens is 272 g/mol. The van der Waals surface area contributed by atoms with E-state index in [1.807, 2.05) is 12.1 Å². The summed E-state index contributed by atoms with van der Waals surface area (Å²) in [5.41, 5.74) is 1.36. The number of hydrogen-bond acceptors (Lipinski definition) is 6. The smallest absolute Gasteiger partial charge is 0.356 e. The number of imidazole rings is 1. The second kappa shape index (κ2) is 5.53. The summed E-state index contributed by atoms with van der Waals surface area (Å²) in [4.78, 5) is 27.1. The summed E-state index contributed by atoms with van der Waals surface area (Å²) < 4.78 is 1.71. The summed E-state index contributed by atoms with van der Waals surface area (Å²) in [6.07, 6.45) is 6.20. The molecule has 0 fully saturated rings. The predicted molar refractivity (Wildman–Crippen MR) is 75.0 cm³/mol. The van der Waals surface area contributed by atoms with E-state index in [9.17, 15) is 4.79 Å². The Morgan fingerprint density at radius 1 is 1.24 bits per heavy atom. The number of carboxylic acids is 1. The number of aromatic carboxylic acids is 1. The number of hydrogen-bond donors (Lipinski definition) is 2. The Balaban J connectivity index is 1.62. The average molecular weight is 284 g/mol. The highest BCUT2D eigenvalue weighted by Crippen LogP contribution is 2.09. The molecule has 2 N–H and O–H groups in total. The van der Waals surface area contributed by atoms with Crippen molar-refractivity contribution in [3.8, 4) is 0 Å². The third kappa shape index (κ3) is 2.94. The van der Waals surface area contributed by atoms with E-state index in [4.69, 9.17) is 5.11 Å². The summed E-state index contributed by atoms with van der Waals surface area (Å²) in [6, 6.07) is 3.67. The van der Waals surface area contributed by atoms with Gasteiger partial charge in [-0.3, -0.25) is 4.98 Å². The molecule has 21 heavy (non-hydrogen) atoms. The number of fused-ring (bicyclic) bond motifs is 1. The highest BCUT2D eigenvalue weighted by Gasteiger charge is 2.06. The number of aromatic nitrogens is 5. The van der Waals surface area contributed by atoms with Crippen molar-refractivity contribution in [1.82, 2.24) is 24.5 Å². The quantitative estimate of drug-likeness (QED) is 0.720. The molecule has 0 aromatic carbocycles. The Kier molecular flexibility index (Phi) is 3.42. The molecule has 3 rings (SSSR count). The third-order valence-corrected chi connectivity index (χ3v) is 2.86. The van der Waals surface area contributed by atoms with Crippen LogP contribution in [0.2, 0.25) is 0 Å². The number of carbonyl (C=O) groups is 1. The van der Waals surface area contributed by atoms with Crippen LogP contribution in [0.3, 0.4) is 0 Å². The van der Waals surface area contributed by atoms with Crippen molar-refractivity contribution >= 4 is 23.0 Å². The van der Waals surface area contributed by atoms with Gasteiger partial charge >= 0.3 is 5.97 Å². The Hall–Kier alpha value is -3.03. The molecule has 0 bridgehead atoms. The van der Waals surface area contributed by atoms with Crippen LogP contribution in [0.25, 0.3) is 11.2 Å². The Bertz CT molecular complexity index is 785. The van der Waals surface area contributed by atoms with Crippen molar-refractivity contribution in [1.29, 1.82) is 0 Å². The van der Waals surface area contributed by atoms with Crippen LogP contribution in [0, 0.1) is 0 Å². The van der Waals surface area contributed by atoms with Crippen LogP contribution in [0.15, 0.2) is 37.1 Å². The van der Waals surface area contributed by atoms with E-state index in [0.29, 0.717) is 24.6 Å². The molecule has 8 heteroatoms. The van der Waals surface area contributed by atoms with Crippen LogP contribution < -0.4 is 5.32 Å². The molecule has 106 valence electrons. The van der Waals surface area contributed by atoms with Gasteiger partial charge in [-0.15, -0.1) is 0 Å². The second-order valence-corrected chi connectivity index (χ2v) is 4.32. The van der Waals surface area contributed by atoms with Gasteiger partial charge < -0.3 is 15.0 Å². The molecule has 3 aromatic heterocycles. The zero-order valence-corrected chi connectivity index (χ0v) is 11.0. The maximum absolute atomic E-state index is 10.7. The Labute approximate surface area is 119 Å². The van der Waals surface area contributed by atoms with Crippen molar-refractivity contribution in [3.63, 3.8) is 0 Å². The SMILES string of the molecule is O=C(O)c1cn(CCNc2ccc3nccnc3n2)cn1. The fraction of sp³-hybridized carbons (Fsp3) is 0.154. The minimum absolute atomic E-state index is 0.0362. The van der Waals surface area contributed by atoms with Crippen LogP contribution in [-0.4, -0.2) is 42.1 Å². The molecule has 8 nitrogen and oxygen atoms in total. The molecule has 0 amide bonds. The van der Waals surface area contributed by atoms with Crippen molar-refractivity contribution in [2.75, 3.05) is 11.9 Å². The number of nitrogens with zero attached hydrogens (tertiary/aromatic N) is 5. The standard InChI is InChI=1S/C13H12N6O2/c20-13(21)10-7-19(8-17-10)6-5-15-11-2-1-9-12(18-11)16-4-3-14-9/h1-4,7-8H,5-6H2,(H,20,21)(H,15,16,18). The minimum Gasteiger partial charge on any atom is -0.476 e. The average Bonchev–Trinajstić information content (AvgIpc) is 2.96. The molecule has 0 aliphatic rings. The van der Waals surface area contributed by atoms with Crippen LogP contribution in [-0.2, 0) is 6.54 Å². The first-order chi connectivity index (χ1) is 10.2. The zero-order valence-electron chi connectivity index (χ0n) is 11.0. The Morgan fingerprint density at radius 3 is 2.90 bits per heavy atom. The van der Waals surface area contributed by atoms with E-state index < -0.39 is 5.97 Å². The summed E-state index contributed by atoms with van der Waals surface area (Å²) in [7, 11) is 0. The molecular formula is C13H12N6O2. The van der Waals surface area contributed by atoms with Crippen molar-refractivity contribution in [3.05, 3.63) is 42.7 Å². The second-order valence-electron chi connectivity index (χ2n) is 4.32. The summed E-state index contributed by atoms with van der Waals surface area (Å²) in [6.45, 7) is 1.18. The highest BCUT2D eigenvalue weighted by atomic mass is 16.4. The Morgan fingerprint density at radius 2 is 2.10 bits per heavy atom. The molecule has 3 heterocycles. The first-order valence-corrected chi connectivity index (χ1v) is 6.29. The van der Waals surface area contributed by atoms with Gasteiger partial charge in [0.15, 0.2) is 11.3 Å². The van der Waals surface area contributed by atoms with Crippen molar-refractivity contribution < 1.29 is 9.90 Å². The first kappa shape index (κ1) is 13.0. The van der Waals surface area contributed by atoms with Gasteiger partial charge in [0.1, 0.15) is 11.3 Å². The molecule has 0 unspecified atom stereocenters. The molecule has 0 aliphatic heterocycles. The largest absolute Gasteiger partial charge is 0.476 e. The topological polar surface area (TPSA) is 106 Å². The van der Waals surface area contributed by atoms with Crippen LogP contribution >= 0.6 is 0 Å². The number of rotatable bonds is 5. The van der Waals surface area contributed by atoms with E-state index in [1.54, 1.807) is 17.0 Å². The van der Waals surface area contributed by atoms with Crippen LogP contribution in [0.1, 0.15) is 10.5 Å². The zero-order chi connectivity index (χ0) is 14.7. The first-order valence-electron chi connectivity index (χ1n) is 6.29. The molecule has 0 radical (unpaired) electrons. The van der Waals surface area contributed by atoms with Gasteiger partial charge in [-0.05, 0) is 12.1 Å². The summed E-state index contributed by atoms with van der Waals surface area (Å²) >= 11 is 0. The lowest BCUT2D eigenvalue weighted by molar-refractivity contribution is 0.0691. The third-order valence-electron chi connectivity index (χ3n) is 2.86. The van der Waals surface area contributed by atoms with Gasteiger partial charge in [-0.2, -0.15) is 0 Å². The number of anilines is 1. The van der Waals surface area contributed by atoms with Crippen LogP contribution in [0.5, 0.6) is 0 Å². The number of pyridine rings is 1. The molecule has 3 aromatic rings. The van der Waals surface area contributed by atoms with E-state index in [1.165, 1.54) is 12.5 Å². The highest BCUT2D eigenvalue weighted by molar-refractivity contribution is 5.84. The fourth-order valence-electron chi connectivity index (χ4n) is 1.86. The maximum atomic E-state index is 10.7. The van der Waals surface area contributed by atoms with Gasteiger partial charge in [0.05, 0.1) is 6.33 Å². The van der Waals surface area contributed by atoms with Crippen molar-refractivity contribution in [2.45, 2.75) is 6.54 Å². The van der Waals surface area contributed by atoms with Gasteiger partial charge in [-0.25, -0.2) is 19.7 Å². The minimum atomic E-state index is -1.03. The van der Waals surface area contributed by atoms with Gasteiger partial charge in [0, 0.05) is 31.7 Å². The van der Waals surface area contributed by atoms with Gasteiger partial charge in [0.2, 0.25) is 0 Å². The molecule has 0 aliphatic carbocycles. The summed E-state index contributed by atoms with van der Waals surface area (Å²) in [5, 5.41) is 11.9. The van der Waals surface area contributed by atoms with Crippen molar-refractivity contribution in [2.24, 2.45) is 0 Å². The lowest BCUT2D eigenvalue weighted by atomic mass is 10.4. The predicted octanol–water partition coefficient (Wildman–Crippen LogP) is 1.03. The van der Waals surface area contributed by atoms with Crippen LogP contribution in [0.4, 0.5) is 5.82 Å². The van der Waals surface area contributed by atoms with Gasteiger partial charge in [-0.1, -0.05) is 0 Å². The number of nitrogens with one attached hydrogen (secondary N) is 1. The lowest BCUT2D eigenvalue weighted by Crippen LogP contribution is -2.10. The van der Waals surface area contributed by atoms with Gasteiger partial charge in [0.25, 0.3) is 0 Å². The van der Waals surface area contributed by atoms with E-state index >= 15 is 0 Å². The van der Waals surface area contributed by atoms with E-state index in [0.717, 1.165) is 5.52 Å². The molecule has 0 saturated heterocycles.